The molecule has 1 N–H and O–H groups in total. The number of benzene rings is 2. The van der Waals surface area contributed by atoms with Gasteiger partial charge in [-0.15, -0.1) is 11.3 Å². The number of carbonyl (C=O) groups is 2. The van der Waals surface area contributed by atoms with Gasteiger partial charge in [-0.25, -0.2) is 4.79 Å². The third-order valence-electron chi connectivity index (χ3n) is 5.03. The van der Waals surface area contributed by atoms with E-state index in [1.165, 1.54) is 17.4 Å². The number of nitrogens with one attached hydrogen (secondary N) is 1. The molecular weight excluding hydrogens is 501 g/mol. The number of carbonyl (C=O) groups excluding carboxylic acids is 2. The summed E-state index contributed by atoms with van der Waals surface area (Å²) in [5, 5.41) is 3.94. The highest BCUT2D eigenvalue weighted by atomic mass is 35.5. The molecule has 0 aliphatic carbocycles. The van der Waals surface area contributed by atoms with Gasteiger partial charge in [0.05, 0.1) is 17.2 Å². The predicted octanol–water partition coefficient (Wildman–Crippen LogP) is 5.88. The van der Waals surface area contributed by atoms with E-state index in [9.17, 15) is 9.59 Å². The fourth-order valence-electron chi connectivity index (χ4n) is 3.40. The molecule has 1 aliphatic rings. The van der Waals surface area contributed by atoms with Crippen molar-refractivity contribution in [3.05, 3.63) is 68.0 Å². The van der Waals surface area contributed by atoms with Gasteiger partial charge in [0.1, 0.15) is 10.8 Å². The van der Waals surface area contributed by atoms with Gasteiger partial charge in [-0.3, -0.25) is 4.79 Å². The van der Waals surface area contributed by atoms with Gasteiger partial charge in [0.2, 0.25) is 6.79 Å². The van der Waals surface area contributed by atoms with Gasteiger partial charge in [-0.05, 0) is 55.3 Å². The lowest BCUT2D eigenvalue weighted by atomic mass is 10.1. The number of thiophene rings is 1. The molecule has 0 saturated carbocycles. The minimum Gasteiger partial charge on any atom is -0.482 e. The van der Waals surface area contributed by atoms with Crippen LogP contribution in [-0.4, -0.2) is 31.9 Å². The highest BCUT2D eigenvalue weighted by Crippen LogP contribution is 2.38. The summed E-state index contributed by atoms with van der Waals surface area (Å²) in [6.45, 7) is 3.69. The second kappa shape index (κ2) is 10.5. The number of amides is 1. The van der Waals surface area contributed by atoms with Crippen molar-refractivity contribution in [1.29, 1.82) is 0 Å². The van der Waals surface area contributed by atoms with Crippen LogP contribution in [0.15, 0.2) is 36.4 Å². The minimum atomic E-state index is -0.495. The third kappa shape index (κ3) is 5.41. The lowest BCUT2D eigenvalue weighted by Gasteiger charge is -2.09. The SMILES string of the molecule is CCOC(=O)c1c(NC(=O)COc2ccc(Cl)cc2Cl)sc(Cc2ccc3c(c2)OCO3)c1C. The molecule has 0 spiro atoms. The predicted molar refractivity (Wildman–Crippen MR) is 131 cm³/mol. The first-order valence-electron chi connectivity index (χ1n) is 10.4. The Morgan fingerprint density at radius 1 is 1.12 bits per heavy atom. The number of hydrogen-bond donors (Lipinski definition) is 1. The van der Waals surface area contributed by atoms with Gasteiger partial charge in [0.15, 0.2) is 18.1 Å². The van der Waals surface area contributed by atoms with E-state index < -0.39 is 11.9 Å². The number of ether oxygens (including phenoxy) is 4. The molecule has 10 heteroatoms. The van der Waals surface area contributed by atoms with Crippen molar-refractivity contribution in [3.8, 4) is 17.2 Å². The first-order chi connectivity index (χ1) is 16.4. The van der Waals surface area contributed by atoms with Crippen LogP contribution in [0.25, 0.3) is 0 Å². The summed E-state index contributed by atoms with van der Waals surface area (Å²) in [6.07, 6.45) is 0.548. The van der Waals surface area contributed by atoms with E-state index in [-0.39, 0.29) is 20.0 Å². The van der Waals surface area contributed by atoms with Crippen LogP contribution in [0.3, 0.4) is 0 Å². The molecule has 0 bridgehead atoms. The number of hydrogen-bond acceptors (Lipinski definition) is 7. The maximum atomic E-state index is 12.7. The van der Waals surface area contributed by atoms with Crippen LogP contribution in [0.2, 0.25) is 10.0 Å². The van der Waals surface area contributed by atoms with Crippen LogP contribution in [0.5, 0.6) is 17.2 Å². The first-order valence-corrected chi connectivity index (χ1v) is 12.0. The normalized spacial score (nSPS) is 11.9. The highest BCUT2D eigenvalue weighted by Gasteiger charge is 2.24. The monoisotopic (exact) mass is 521 g/mol. The standard InChI is InChI=1S/C24H21Cl2NO6S/c1-3-30-24(29)22-13(2)20(9-14-4-6-18-19(8-14)33-12-32-18)34-23(22)27-21(28)11-31-17-7-5-15(25)10-16(17)26/h4-8,10H,3,9,11-12H2,1-2H3,(H,27,28). The Labute approximate surface area is 210 Å². The number of fused-ring (bicyclic) bond motifs is 1. The maximum absolute atomic E-state index is 12.7. The molecule has 1 amide bonds. The fourth-order valence-corrected chi connectivity index (χ4v) is 5.11. The van der Waals surface area contributed by atoms with Gasteiger partial charge in [-0.1, -0.05) is 29.3 Å². The molecule has 3 aromatic rings. The molecular formula is C24H21Cl2NO6S. The number of halogens is 2. The van der Waals surface area contributed by atoms with Crippen molar-refractivity contribution in [2.24, 2.45) is 0 Å². The van der Waals surface area contributed by atoms with Crippen molar-refractivity contribution in [2.45, 2.75) is 20.3 Å². The zero-order valence-corrected chi connectivity index (χ0v) is 20.7. The van der Waals surface area contributed by atoms with Crippen molar-refractivity contribution in [1.82, 2.24) is 0 Å². The average Bonchev–Trinajstić information content (AvgIpc) is 3.37. The summed E-state index contributed by atoms with van der Waals surface area (Å²) < 4.78 is 21.6. The summed E-state index contributed by atoms with van der Waals surface area (Å²) in [7, 11) is 0. The smallest absolute Gasteiger partial charge is 0.341 e. The quantitative estimate of drug-likeness (QED) is 0.373. The van der Waals surface area contributed by atoms with Crippen LogP contribution in [0.1, 0.15) is 33.3 Å². The zero-order chi connectivity index (χ0) is 24.2. The second-order valence-electron chi connectivity index (χ2n) is 7.35. The van der Waals surface area contributed by atoms with E-state index in [1.54, 1.807) is 19.1 Å². The van der Waals surface area contributed by atoms with E-state index in [1.807, 2.05) is 25.1 Å². The van der Waals surface area contributed by atoms with Crippen LogP contribution in [0.4, 0.5) is 5.00 Å². The summed E-state index contributed by atoms with van der Waals surface area (Å²) in [5.74, 6) is 0.784. The molecule has 2 heterocycles. The number of rotatable bonds is 8. The van der Waals surface area contributed by atoms with Crippen molar-refractivity contribution < 1.29 is 28.5 Å². The Bertz CT molecular complexity index is 1240. The summed E-state index contributed by atoms with van der Waals surface area (Å²) in [5.41, 5.74) is 2.07. The van der Waals surface area contributed by atoms with Crippen molar-refractivity contribution in [3.63, 3.8) is 0 Å². The molecule has 0 radical (unpaired) electrons. The molecule has 178 valence electrons. The Morgan fingerprint density at radius 3 is 2.68 bits per heavy atom. The molecule has 0 atom stereocenters. The molecule has 0 fully saturated rings. The topological polar surface area (TPSA) is 83.1 Å². The Hall–Kier alpha value is -2.94. The van der Waals surface area contributed by atoms with E-state index in [0.717, 1.165) is 16.0 Å². The van der Waals surface area contributed by atoms with E-state index in [0.29, 0.717) is 44.3 Å². The fraction of sp³-hybridized carbons (Fsp3) is 0.250. The maximum Gasteiger partial charge on any atom is 0.341 e. The first kappa shape index (κ1) is 24.2. The highest BCUT2D eigenvalue weighted by molar-refractivity contribution is 7.17. The molecule has 4 rings (SSSR count). The molecule has 2 aromatic carbocycles. The molecule has 34 heavy (non-hydrogen) atoms. The van der Waals surface area contributed by atoms with Crippen LogP contribution in [-0.2, 0) is 16.0 Å². The molecule has 1 aromatic heterocycles. The number of anilines is 1. The zero-order valence-electron chi connectivity index (χ0n) is 18.4. The Balaban J connectivity index is 1.53. The van der Waals surface area contributed by atoms with Crippen LogP contribution < -0.4 is 19.5 Å². The van der Waals surface area contributed by atoms with E-state index >= 15 is 0 Å². The largest absolute Gasteiger partial charge is 0.482 e. The lowest BCUT2D eigenvalue weighted by Crippen LogP contribution is -2.21. The average molecular weight is 522 g/mol. The van der Waals surface area contributed by atoms with Gasteiger partial charge in [0, 0.05) is 16.3 Å². The number of esters is 1. The molecule has 7 nitrogen and oxygen atoms in total. The van der Waals surface area contributed by atoms with Gasteiger partial charge >= 0.3 is 5.97 Å². The van der Waals surface area contributed by atoms with Gasteiger partial charge < -0.3 is 24.3 Å². The molecule has 0 unspecified atom stereocenters. The Kier molecular flexibility index (Phi) is 7.50. The minimum absolute atomic E-state index is 0.198. The van der Waals surface area contributed by atoms with Crippen molar-refractivity contribution >= 4 is 51.4 Å². The molecule has 0 saturated heterocycles. The summed E-state index contributed by atoms with van der Waals surface area (Å²) >= 11 is 13.3. The van der Waals surface area contributed by atoms with E-state index in [4.69, 9.17) is 42.1 Å². The van der Waals surface area contributed by atoms with Crippen LogP contribution in [0, 0.1) is 6.92 Å². The lowest BCUT2D eigenvalue weighted by molar-refractivity contribution is -0.118. The molecule has 1 aliphatic heterocycles. The summed E-state index contributed by atoms with van der Waals surface area (Å²) in [4.78, 5) is 26.2. The van der Waals surface area contributed by atoms with Crippen molar-refractivity contribution in [2.75, 3.05) is 25.3 Å². The van der Waals surface area contributed by atoms with Gasteiger partial charge in [0.25, 0.3) is 5.91 Å². The summed E-state index contributed by atoms with van der Waals surface area (Å²) in [6, 6.07) is 10.4. The third-order valence-corrected chi connectivity index (χ3v) is 6.77. The second-order valence-corrected chi connectivity index (χ2v) is 9.30. The van der Waals surface area contributed by atoms with Gasteiger partial charge in [-0.2, -0.15) is 0 Å². The van der Waals surface area contributed by atoms with E-state index in [2.05, 4.69) is 5.32 Å². The Morgan fingerprint density at radius 2 is 1.91 bits per heavy atom. The van der Waals surface area contributed by atoms with Crippen LogP contribution >= 0.6 is 34.5 Å².